The molecule has 21 heavy (non-hydrogen) atoms. The number of nitrogens with zero attached hydrogens (tertiary/aromatic N) is 4. The molecular formula is C12H18N4O5. The standard InChI is InChI=1S/C12H18N4O5/c1-15(7-12(17)3-5-21-6-4-12)10-9(16(18)19)11(20-2)14-8-13-10/h8,17H,3-7H2,1-2H3. The van der Waals surface area contributed by atoms with Gasteiger partial charge in [-0.2, -0.15) is 4.98 Å². The van der Waals surface area contributed by atoms with Crippen LogP contribution in [-0.2, 0) is 4.74 Å². The summed E-state index contributed by atoms with van der Waals surface area (Å²) in [5.74, 6) is 0.0163. The number of anilines is 1. The van der Waals surface area contributed by atoms with E-state index in [4.69, 9.17) is 9.47 Å². The molecule has 0 aromatic carbocycles. The minimum atomic E-state index is -0.945. The zero-order chi connectivity index (χ0) is 15.5. The predicted octanol–water partition coefficient (Wildman–Crippen LogP) is 0.371. The molecule has 1 aliphatic rings. The topological polar surface area (TPSA) is 111 Å². The van der Waals surface area contributed by atoms with Crippen LogP contribution in [0, 0.1) is 10.1 Å². The number of methoxy groups -OCH3 is 1. The van der Waals surface area contributed by atoms with Gasteiger partial charge in [0, 0.05) is 39.6 Å². The lowest BCUT2D eigenvalue weighted by Crippen LogP contribution is -2.46. The van der Waals surface area contributed by atoms with Crippen LogP contribution in [-0.4, -0.2) is 59.5 Å². The van der Waals surface area contributed by atoms with Gasteiger partial charge < -0.3 is 19.5 Å². The highest BCUT2D eigenvalue weighted by atomic mass is 16.6. The third-order valence-corrected chi connectivity index (χ3v) is 3.46. The first-order valence-electron chi connectivity index (χ1n) is 6.51. The van der Waals surface area contributed by atoms with Crippen LogP contribution in [0.25, 0.3) is 0 Å². The number of aliphatic hydroxyl groups is 1. The molecule has 2 heterocycles. The fraction of sp³-hybridized carbons (Fsp3) is 0.667. The number of rotatable bonds is 5. The summed E-state index contributed by atoms with van der Waals surface area (Å²) in [4.78, 5) is 19.9. The molecule has 9 heteroatoms. The fourth-order valence-corrected chi connectivity index (χ4v) is 2.37. The second-order valence-electron chi connectivity index (χ2n) is 5.01. The molecule has 0 aliphatic carbocycles. The van der Waals surface area contributed by atoms with Crippen LogP contribution in [0.15, 0.2) is 6.33 Å². The highest BCUT2D eigenvalue weighted by molar-refractivity contribution is 5.62. The maximum atomic E-state index is 11.2. The Morgan fingerprint density at radius 3 is 2.76 bits per heavy atom. The number of aromatic nitrogens is 2. The van der Waals surface area contributed by atoms with Gasteiger partial charge in [0.05, 0.1) is 17.6 Å². The Labute approximate surface area is 121 Å². The molecule has 0 bridgehead atoms. The minimum Gasteiger partial charge on any atom is -0.476 e. The van der Waals surface area contributed by atoms with Crippen molar-refractivity contribution in [3.63, 3.8) is 0 Å². The summed E-state index contributed by atoms with van der Waals surface area (Å²) in [6.07, 6.45) is 2.16. The summed E-state index contributed by atoms with van der Waals surface area (Å²) in [7, 11) is 2.95. The molecule has 0 amide bonds. The van der Waals surface area contributed by atoms with Gasteiger partial charge in [0.15, 0.2) is 0 Å². The van der Waals surface area contributed by atoms with E-state index in [9.17, 15) is 15.2 Å². The first-order valence-corrected chi connectivity index (χ1v) is 6.51. The fourth-order valence-electron chi connectivity index (χ4n) is 2.37. The molecule has 1 aromatic heterocycles. The van der Waals surface area contributed by atoms with E-state index in [-0.39, 0.29) is 23.9 Å². The Balaban J connectivity index is 2.26. The Morgan fingerprint density at radius 2 is 2.19 bits per heavy atom. The summed E-state index contributed by atoms with van der Waals surface area (Å²) in [5.41, 5.74) is -1.25. The third-order valence-electron chi connectivity index (χ3n) is 3.46. The van der Waals surface area contributed by atoms with Crippen LogP contribution in [0.3, 0.4) is 0 Å². The zero-order valence-electron chi connectivity index (χ0n) is 12.0. The SMILES string of the molecule is COc1ncnc(N(C)CC2(O)CCOCC2)c1[N+](=O)[O-]. The zero-order valence-corrected chi connectivity index (χ0v) is 12.0. The molecule has 1 N–H and O–H groups in total. The van der Waals surface area contributed by atoms with Gasteiger partial charge in [-0.1, -0.05) is 0 Å². The van der Waals surface area contributed by atoms with Crippen molar-refractivity contribution in [1.82, 2.24) is 9.97 Å². The molecule has 1 aliphatic heterocycles. The highest BCUT2D eigenvalue weighted by Crippen LogP contribution is 2.34. The number of nitro groups is 1. The minimum absolute atomic E-state index is 0.101. The van der Waals surface area contributed by atoms with E-state index >= 15 is 0 Å². The first kappa shape index (κ1) is 15.4. The normalized spacial score (nSPS) is 17.3. The van der Waals surface area contributed by atoms with Crippen molar-refractivity contribution < 1.29 is 19.5 Å². The summed E-state index contributed by atoms with van der Waals surface area (Å²) >= 11 is 0. The van der Waals surface area contributed by atoms with Gasteiger partial charge in [-0.15, -0.1) is 0 Å². The Bertz CT molecular complexity index is 518. The first-order chi connectivity index (χ1) is 9.97. The number of likely N-dealkylation sites (N-methyl/N-ethyl adjacent to an activating group) is 1. The Kier molecular flexibility index (Phi) is 4.53. The molecule has 0 unspecified atom stereocenters. The van der Waals surface area contributed by atoms with E-state index < -0.39 is 10.5 Å². The monoisotopic (exact) mass is 298 g/mol. The van der Waals surface area contributed by atoms with Gasteiger partial charge in [0.2, 0.25) is 5.82 Å². The van der Waals surface area contributed by atoms with Crippen molar-refractivity contribution in [2.24, 2.45) is 0 Å². The summed E-state index contributed by atoms with van der Waals surface area (Å²) < 4.78 is 10.1. The molecule has 0 saturated carbocycles. The molecule has 116 valence electrons. The van der Waals surface area contributed by atoms with Crippen molar-refractivity contribution in [2.75, 3.05) is 38.8 Å². The number of hydrogen-bond donors (Lipinski definition) is 1. The molecule has 0 spiro atoms. The van der Waals surface area contributed by atoms with E-state index in [1.54, 1.807) is 11.9 Å². The van der Waals surface area contributed by atoms with E-state index in [0.717, 1.165) is 0 Å². The Hall–Kier alpha value is -2.00. The molecule has 0 atom stereocenters. The van der Waals surface area contributed by atoms with E-state index in [1.807, 2.05) is 0 Å². The van der Waals surface area contributed by atoms with Crippen LogP contribution < -0.4 is 9.64 Å². The summed E-state index contributed by atoms with van der Waals surface area (Å²) in [6.45, 7) is 1.16. The molecule has 1 fully saturated rings. The van der Waals surface area contributed by atoms with Crippen LogP contribution in [0.4, 0.5) is 11.5 Å². The van der Waals surface area contributed by atoms with E-state index in [1.165, 1.54) is 13.4 Å². The third kappa shape index (κ3) is 3.37. The maximum absolute atomic E-state index is 11.2. The average Bonchev–Trinajstić information content (AvgIpc) is 2.46. The number of ether oxygens (including phenoxy) is 2. The lowest BCUT2D eigenvalue weighted by atomic mass is 9.94. The average molecular weight is 298 g/mol. The molecule has 9 nitrogen and oxygen atoms in total. The van der Waals surface area contributed by atoms with Gasteiger partial charge in [0.1, 0.15) is 6.33 Å². The van der Waals surface area contributed by atoms with Gasteiger partial charge in [0.25, 0.3) is 5.88 Å². The van der Waals surface area contributed by atoms with E-state index in [2.05, 4.69) is 9.97 Å². The molecule has 2 rings (SSSR count). The lowest BCUT2D eigenvalue weighted by molar-refractivity contribution is -0.385. The summed E-state index contributed by atoms with van der Waals surface area (Å²) in [5, 5.41) is 21.7. The smallest absolute Gasteiger partial charge is 0.372 e. The van der Waals surface area contributed by atoms with Crippen molar-refractivity contribution in [3.8, 4) is 5.88 Å². The van der Waals surface area contributed by atoms with Gasteiger partial charge in [-0.25, -0.2) is 4.98 Å². The Morgan fingerprint density at radius 1 is 1.52 bits per heavy atom. The quantitative estimate of drug-likeness (QED) is 0.613. The highest BCUT2D eigenvalue weighted by Gasteiger charge is 2.34. The second-order valence-corrected chi connectivity index (χ2v) is 5.01. The van der Waals surface area contributed by atoms with Crippen LogP contribution in [0.5, 0.6) is 5.88 Å². The molecule has 1 saturated heterocycles. The molecule has 0 radical (unpaired) electrons. The largest absolute Gasteiger partial charge is 0.476 e. The molecule has 1 aromatic rings. The molecular weight excluding hydrogens is 280 g/mol. The van der Waals surface area contributed by atoms with Crippen LogP contribution in [0.1, 0.15) is 12.8 Å². The van der Waals surface area contributed by atoms with Gasteiger partial charge in [-0.05, 0) is 0 Å². The van der Waals surface area contributed by atoms with Crippen molar-refractivity contribution >= 4 is 11.5 Å². The van der Waals surface area contributed by atoms with Crippen LogP contribution >= 0.6 is 0 Å². The van der Waals surface area contributed by atoms with Crippen molar-refractivity contribution in [2.45, 2.75) is 18.4 Å². The second kappa shape index (κ2) is 6.19. The lowest BCUT2D eigenvalue weighted by Gasteiger charge is -2.35. The van der Waals surface area contributed by atoms with E-state index in [0.29, 0.717) is 26.1 Å². The van der Waals surface area contributed by atoms with Gasteiger partial charge >= 0.3 is 5.69 Å². The summed E-state index contributed by atoms with van der Waals surface area (Å²) in [6, 6.07) is 0. The number of hydrogen-bond acceptors (Lipinski definition) is 8. The van der Waals surface area contributed by atoms with Gasteiger partial charge in [-0.3, -0.25) is 10.1 Å². The van der Waals surface area contributed by atoms with Crippen molar-refractivity contribution in [3.05, 3.63) is 16.4 Å². The maximum Gasteiger partial charge on any atom is 0.372 e. The van der Waals surface area contributed by atoms with Crippen molar-refractivity contribution in [1.29, 1.82) is 0 Å². The predicted molar refractivity (Wildman–Crippen MR) is 73.5 cm³/mol. The van der Waals surface area contributed by atoms with Crippen LogP contribution in [0.2, 0.25) is 0 Å².